The van der Waals surface area contributed by atoms with Gasteiger partial charge in [-0.3, -0.25) is 0 Å². The maximum atomic E-state index is 12.5. The summed E-state index contributed by atoms with van der Waals surface area (Å²) in [4.78, 5) is 0. The van der Waals surface area contributed by atoms with Crippen molar-refractivity contribution in [3.8, 4) is 0 Å². The highest BCUT2D eigenvalue weighted by atomic mass is 32.1. The SMILES string of the molecule is OC(c1ccc(C(F)(F)F)cc1)c1cccc2ccsc12. The van der Waals surface area contributed by atoms with E-state index in [1.165, 1.54) is 23.5 Å². The molecule has 5 heteroatoms. The number of alkyl halides is 3. The first-order valence-electron chi connectivity index (χ1n) is 6.28. The van der Waals surface area contributed by atoms with Crippen LogP contribution in [0.1, 0.15) is 22.8 Å². The van der Waals surface area contributed by atoms with Gasteiger partial charge in [0.1, 0.15) is 6.10 Å². The average Bonchev–Trinajstić information content (AvgIpc) is 2.94. The van der Waals surface area contributed by atoms with Gasteiger partial charge in [-0.1, -0.05) is 30.3 Å². The van der Waals surface area contributed by atoms with Crippen LogP contribution in [0.2, 0.25) is 0 Å². The highest BCUT2D eigenvalue weighted by molar-refractivity contribution is 7.17. The molecule has 1 unspecified atom stereocenters. The number of aliphatic hydroxyl groups is 1. The van der Waals surface area contributed by atoms with Gasteiger partial charge >= 0.3 is 6.18 Å². The highest BCUT2D eigenvalue weighted by Gasteiger charge is 2.30. The number of benzene rings is 2. The molecule has 0 fully saturated rings. The fourth-order valence-electron chi connectivity index (χ4n) is 2.27. The minimum atomic E-state index is -4.36. The van der Waals surface area contributed by atoms with E-state index in [1.54, 1.807) is 6.07 Å². The zero-order valence-corrected chi connectivity index (χ0v) is 11.6. The summed E-state index contributed by atoms with van der Waals surface area (Å²) in [6, 6.07) is 12.1. The summed E-state index contributed by atoms with van der Waals surface area (Å²) in [5.74, 6) is 0. The summed E-state index contributed by atoms with van der Waals surface area (Å²) in [5, 5.41) is 13.4. The molecule has 3 aromatic rings. The van der Waals surface area contributed by atoms with Crippen molar-refractivity contribution in [2.24, 2.45) is 0 Å². The standard InChI is InChI=1S/C16H11F3OS/c17-16(18,19)12-6-4-10(5-7-12)14(20)13-3-1-2-11-8-9-21-15(11)13/h1-9,14,20H. The van der Waals surface area contributed by atoms with Crippen molar-refractivity contribution in [3.05, 3.63) is 70.6 Å². The molecule has 0 amide bonds. The van der Waals surface area contributed by atoms with Gasteiger partial charge in [-0.15, -0.1) is 11.3 Å². The van der Waals surface area contributed by atoms with Gasteiger partial charge in [0.05, 0.1) is 5.56 Å². The molecule has 3 rings (SSSR count). The lowest BCUT2D eigenvalue weighted by atomic mass is 9.99. The second kappa shape index (κ2) is 5.16. The van der Waals surface area contributed by atoms with Crippen LogP contribution >= 0.6 is 11.3 Å². The van der Waals surface area contributed by atoms with Gasteiger partial charge in [-0.2, -0.15) is 13.2 Å². The lowest BCUT2D eigenvalue weighted by Gasteiger charge is -2.14. The molecule has 1 atom stereocenters. The van der Waals surface area contributed by atoms with Crippen molar-refractivity contribution >= 4 is 21.4 Å². The van der Waals surface area contributed by atoms with Gasteiger partial charge in [0.2, 0.25) is 0 Å². The lowest BCUT2D eigenvalue weighted by molar-refractivity contribution is -0.137. The molecule has 21 heavy (non-hydrogen) atoms. The van der Waals surface area contributed by atoms with Crippen LogP contribution in [0.25, 0.3) is 10.1 Å². The van der Waals surface area contributed by atoms with Crippen LogP contribution < -0.4 is 0 Å². The average molecular weight is 308 g/mol. The van der Waals surface area contributed by atoms with Crippen molar-refractivity contribution < 1.29 is 18.3 Å². The third-order valence-electron chi connectivity index (χ3n) is 3.36. The molecular weight excluding hydrogens is 297 g/mol. The first kappa shape index (κ1) is 14.1. The Bertz CT molecular complexity index is 759. The number of rotatable bonds is 2. The monoisotopic (exact) mass is 308 g/mol. The molecule has 0 aliphatic heterocycles. The lowest BCUT2D eigenvalue weighted by Crippen LogP contribution is -2.06. The molecular formula is C16H11F3OS. The van der Waals surface area contributed by atoms with Crippen LogP contribution in [0, 0.1) is 0 Å². The zero-order valence-electron chi connectivity index (χ0n) is 10.8. The number of halogens is 3. The Morgan fingerprint density at radius 3 is 2.33 bits per heavy atom. The van der Waals surface area contributed by atoms with E-state index in [2.05, 4.69) is 0 Å². The van der Waals surface area contributed by atoms with E-state index < -0.39 is 17.8 Å². The number of hydrogen-bond acceptors (Lipinski definition) is 2. The largest absolute Gasteiger partial charge is 0.416 e. The summed E-state index contributed by atoms with van der Waals surface area (Å²) < 4.78 is 38.6. The molecule has 2 aromatic carbocycles. The minimum Gasteiger partial charge on any atom is -0.384 e. The maximum Gasteiger partial charge on any atom is 0.416 e. The van der Waals surface area contributed by atoms with Crippen molar-refractivity contribution in [1.82, 2.24) is 0 Å². The first-order valence-corrected chi connectivity index (χ1v) is 7.16. The summed E-state index contributed by atoms with van der Waals surface area (Å²) in [7, 11) is 0. The van der Waals surface area contributed by atoms with E-state index in [0.717, 1.165) is 22.2 Å². The van der Waals surface area contributed by atoms with Gasteiger partial charge in [0.15, 0.2) is 0 Å². The second-order valence-corrected chi connectivity index (χ2v) is 5.62. The smallest absolute Gasteiger partial charge is 0.384 e. The first-order chi connectivity index (χ1) is 9.97. The van der Waals surface area contributed by atoms with E-state index in [4.69, 9.17) is 0 Å². The van der Waals surface area contributed by atoms with E-state index in [9.17, 15) is 18.3 Å². The molecule has 0 saturated heterocycles. The van der Waals surface area contributed by atoms with Gasteiger partial charge < -0.3 is 5.11 Å². The Morgan fingerprint density at radius 1 is 0.952 bits per heavy atom. The van der Waals surface area contributed by atoms with Crippen LogP contribution in [0.5, 0.6) is 0 Å². The van der Waals surface area contributed by atoms with E-state index in [1.807, 2.05) is 23.6 Å². The van der Waals surface area contributed by atoms with Crippen LogP contribution in [0.3, 0.4) is 0 Å². The molecule has 0 spiro atoms. The second-order valence-electron chi connectivity index (χ2n) is 4.71. The highest BCUT2D eigenvalue weighted by Crippen LogP contribution is 2.34. The van der Waals surface area contributed by atoms with Crippen LogP contribution in [0.4, 0.5) is 13.2 Å². The van der Waals surface area contributed by atoms with Crippen LogP contribution in [-0.2, 0) is 6.18 Å². The Balaban J connectivity index is 1.98. The Kier molecular flexibility index (Phi) is 3.47. The van der Waals surface area contributed by atoms with Crippen LogP contribution in [-0.4, -0.2) is 5.11 Å². The predicted octanol–water partition coefficient (Wildman–Crippen LogP) is 5.00. The quantitative estimate of drug-likeness (QED) is 0.706. The third-order valence-corrected chi connectivity index (χ3v) is 4.34. The predicted molar refractivity (Wildman–Crippen MR) is 77.3 cm³/mol. The van der Waals surface area contributed by atoms with Crippen molar-refractivity contribution in [2.75, 3.05) is 0 Å². The molecule has 0 radical (unpaired) electrons. The Hall–Kier alpha value is -1.85. The molecule has 0 aliphatic carbocycles. The zero-order chi connectivity index (χ0) is 15.0. The molecule has 1 N–H and O–H groups in total. The Labute approximate surface area is 123 Å². The number of thiophene rings is 1. The number of hydrogen-bond donors (Lipinski definition) is 1. The van der Waals surface area contributed by atoms with E-state index in [0.29, 0.717) is 11.1 Å². The summed E-state index contributed by atoms with van der Waals surface area (Å²) in [6.45, 7) is 0. The van der Waals surface area contributed by atoms with Crippen molar-refractivity contribution in [2.45, 2.75) is 12.3 Å². The Morgan fingerprint density at radius 2 is 1.67 bits per heavy atom. The van der Waals surface area contributed by atoms with Crippen molar-refractivity contribution in [1.29, 1.82) is 0 Å². The molecule has 0 bridgehead atoms. The molecule has 1 nitrogen and oxygen atoms in total. The van der Waals surface area contributed by atoms with Gasteiger partial charge in [0.25, 0.3) is 0 Å². The normalized spacial score (nSPS) is 13.5. The minimum absolute atomic E-state index is 0.448. The molecule has 108 valence electrons. The van der Waals surface area contributed by atoms with Crippen molar-refractivity contribution in [3.63, 3.8) is 0 Å². The topological polar surface area (TPSA) is 20.2 Å². The van der Waals surface area contributed by atoms with Gasteiger partial charge in [-0.05, 0) is 34.5 Å². The maximum absolute atomic E-state index is 12.5. The van der Waals surface area contributed by atoms with Crippen LogP contribution in [0.15, 0.2) is 53.9 Å². The third kappa shape index (κ3) is 2.66. The summed E-state index contributed by atoms with van der Waals surface area (Å²) in [5.41, 5.74) is 0.443. The fraction of sp³-hybridized carbons (Fsp3) is 0.125. The number of aliphatic hydroxyl groups excluding tert-OH is 1. The number of fused-ring (bicyclic) bond motifs is 1. The molecule has 1 aromatic heterocycles. The molecule has 0 aliphatic rings. The van der Waals surface area contributed by atoms with E-state index in [-0.39, 0.29) is 0 Å². The molecule has 1 heterocycles. The summed E-state index contributed by atoms with van der Waals surface area (Å²) >= 11 is 1.50. The fourth-order valence-corrected chi connectivity index (χ4v) is 3.20. The van der Waals surface area contributed by atoms with Gasteiger partial charge in [-0.25, -0.2) is 0 Å². The van der Waals surface area contributed by atoms with Gasteiger partial charge in [0, 0.05) is 10.3 Å². The summed E-state index contributed by atoms with van der Waals surface area (Å²) in [6.07, 6.45) is -5.30. The molecule has 0 saturated carbocycles. The van der Waals surface area contributed by atoms with E-state index >= 15 is 0 Å².